The maximum absolute atomic E-state index is 13.1. The first-order chi connectivity index (χ1) is 12.4. The number of hydrogen-bond donors (Lipinski definition) is 1. The molecule has 27 heavy (non-hydrogen) atoms. The molecule has 10 nitrogen and oxygen atoms in total. The number of amidine groups is 1. The van der Waals surface area contributed by atoms with Crippen molar-refractivity contribution in [1.82, 2.24) is 0 Å². The van der Waals surface area contributed by atoms with Gasteiger partial charge in [0.05, 0.1) is 20.4 Å². The van der Waals surface area contributed by atoms with Gasteiger partial charge in [-0.15, -0.1) is 0 Å². The van der Waals surface area contributed by atoms with Gasteiger partial charge < -0.3 is 10.5 Å². The lowest BCUT2D eigenvalue weighted by Crippen LogP contribution is -2.38. The van der Waals surface area contributed by atoms with Gasteiger partial charge in [0.1, 0.15) is 10.9 Å². The van der Waals surface area contributed by atoms with Crippen molar-refractivity contribution in [2.45, 2.75) is 12.5 Å². The molecule has 1 aromatic rings. The normalized spacial score (nSPS) is 17.4. The Kier molecular flexibility index (Phi) is 5.49. The Labute approximate surface area is 157 Å². The fourth-order valence-electron chi connectivity index (χ4n) is 2.22. The number of aliphatic imine (C=N–C) groups is 1. The maximum atomic E-state index is 13.1. The quantitative estimate of drug-likeness (QED) is 0.571. The Bertz CT molecular complexity index is 889. The number of benzene rings is 1. The molecular weight excluding hydrogens is 422 g/mol. The maximum Gasteiger partial charge on any atom is 0.418 e. The predicted molar refractivity (Wildman–Crippen MR) is 88.6 cm³/mol. The highest BCUT2D eigenvalue weighted by Gasteiger charge is 2.44. The van der Waals surface area contributed by atoms with Crippen LogP contribution in [-0.4, -0.2) is 29.1 Å². The van der Waals surface area contributed by atoms with E-state index in [0.29, 0.717) is 4.90 Å². The van der Waals surface area contributed by atoms with Crippen LogP contribution >= 0.6 is 23.2 Å². The molecule has 0 spiro atoms. The molecule has 1 atom stereocenters. The number of hydrogen-bond acceptors (Lipinski definition) is 8. The van der Waals surface area contributed by atoms with Crippen LogP contribution in [0.4, 0.5) is 30.2 Å². The Morgan fingerprint density at radius 3 is 2.33 bits per heavy atom. The third-order valence-corrected chi connectivity index (χ3v) is 4.00. The fourth-order valence-corrected chi connectivity index (χ4v) is 2.70. The van der Waals surface area contributed by atoms with Gasteiger partial charge in [-0.3, -0.25) is 25.1 Å². The van der Waals surface area contributed by atoms with Crippen molar-refractivity contribution in [2.24, 2.45) is 10.7 Å². The smallest absolute Gasteiger partial charge is 0.383 e. The second-order valence-corrected chi connectivity index (χ2v) is 5.71. The Balaban J connectivity index is 2.92. The SMILES string of the molecule is COC1N=C(N)C(Cl)=CN1c1c([N+](=O)[O-])cc(C(F)(F)F)c(Cl)c1[N+](=O)[O-]. The van der Waals surface area contributed by atoms with Crippen molar-refractivity contribution in [3.05, 3.63) is 48.1 Å². The zero-order valence-corrected chi connectivity index (χ0v) is 14.5. The van der Waals surface area contributed by atoms with Crippen LogP contribution in [0.15, 0.2) is 22.3 Å². The molecule has 0 amide bonds. The molecule has 0 fully saturated rings. The average Bonchev–Trinajstić information content (AvgIpc) is 2.54. The topological polar surface area (TPSA) is 137 Å². The summed E-state index contributed by atoms with van der Waals surface area (Å²) >= 11 is 11.4. The van der Waals surface area contributed by atoms with E-state index in [4.69, 9.17) is 33.7 Å². The van der Waals surface area contributed by atoms with Gasteiger partial charge in [0.15, 0.2) is 0 Å². The monoisotopic (exact) mass is 429 g/mol. The fraction of sp³-hybridized carbons (Fsp3) is 0.250. The molecule has 0 aliphatic carbocycles. The summed E-state index contributed by atoms with van der Waals surface area (Å²) < 4.78 is 44.3. The van der Waals surface area contributed by atoms with Crippen molar-refractivity contribution >= 4 is 46.1 Å². The van der Waals surface area contributed by atoms with Gasteiger partial charge in [-0.05, 0) is 0 Å². The van der Waals surface area contributed by atoms with Crippen molar-refractivity contribution in [2.75, 3.05) is 12.0 Å². The first kappa shape index (κ1) is 20.7. The van der Waals surface area contributed by atoms with Gasteiger partial charge in [-0.2, -0.15) is 13.2 Å². The number of methoxy groups -OCH3 is 1. The third kappa shape index (κ3) is 3.74. The summed E-state index contributed by atoms with van der Waals surface area (Å²) in [6.07, 6.45) is -5.75. The molecule has 146 valence electrons. The standard InChI is InChI=1S/C12H8Cl2F3N5O5/c1-27-11-19-10(18)5(13)3-20(11)8-6(21(23)24)2-4(12(15,16)17)7(14)9(8)22(25)26/h2-3,11H,1H3,(H2,18,19). The highest BCUT2D eigenvalue weighted by molar-refractivity contribution is 6.43. The van der Waals surface area contributed by atoms with Crippen molar-refractivity contribution in [3.63, 3.8) is 0 Å². The first-order valence-corrected chi connectivity index (χ1v) is 7.40. The largest absolute Gasteiger partial charge is 0.418 e. The molecule has 0 saturated carbocycles. The van der Waals surface area contributed by atoms with Gasteiger partial charge in [-0.25, -0.2) is 4.99 Å². The highest BCUT2D eigenvalue weighted by atomic mass is 35.5. The molecule has 1 aliphatic heterocycles. The van der Waals surface area contributed by atoms with Gasteiger partial charge in [0.2, 0.25) is 12.0 Å². The second kappa shape index (κ2) is 7.17. The minimum atomic E-state index is -5.18. The number of anilines is 1. The summed E-state index contributed by atoms with van der Waals surface area (Å²) in [6, 6.07) is 0.0841. The Morgan fingerprint density at radius 1 is 1.30 bits per heavy atom. The van der Waals surface area contributed by atoms with Crippen LogP contribution in [0.2, 0.25) is 5.02 Å². The van der Waals surface area contributed by atoms with E-state index in [1.165, 1.54) is 0 Å². The summed E-state index contributed by atoms with van der Waals surface area (Å²) in [7, 11) is 1.09. The van der Waals surface area contributed by atoms with E-state index in [0.717, 1.165) is 13.3 Å². The molecule has 1 unspecified atom stereocenters. The number of halogens is 5. The van der Waals surface area contributed by atoms with E-state index < -0.39 is 50.0 Å². The highest BCUT2D eigenvalue weighted by Crippen LogP contribution is 2.50. The van der Waals surface area contributed by atoms with Crippen molar-refractivity contribution in [1.29, 1.82) is 0 Å². The zero-order chi connectivity index (χ0) is 20.7. The number of nitro groups is 2. The lowest BCUT2D eigenvalue weighted by Gasteiger charge is -2.29. The summed E-state index contributed by atoms with van der Waals surface area (Å²) in [5, 5.41) is 21.2. The molecule has 1 aliphatic rings. The van der Waals surface area contributed by atoms with E-state index in [1.807, 2.05) is 0 Å². The molecule has 0 saturated heterocycles. The molecule has 0 bridgehead atoms. The van der Waals surface area contributed by atoms with E-state index in [-0.39, 0.29) is 16.9 Å². The van der Waals surface area contributed by atoms with Crippen LogP contribution in [0.3, 0.4) is 0 Å². The molecule has 1 heterocycles. The molecule has 2 rings (SSSR count). The average molecular weight is 430 g/mol. The Hall–Kier alpha value is -2.64. The van der Waals surface area contributed by atoms with Crippen LogP contribution in [0.5, 0.6) is 0 Å². The van der Waals surface area contributed by atoms with Crippen LogP contribution in [0.1, 0.15) is 5.56 Å². The lowest BCUT2D eigenvalue weighted by atomic mass is 10.1. The third-order valence-electron chi connectivity index (χ3n) is 3.33. The molecule has 15 heteroatoms. The molecule has 1 aromatic carbocycles. The molecule has 0 radical (unpaired) electrons. The minimum Gasteiger partial charge on any atom is -0.383 e. The van der Waals surface area contributed by atoms with Crippen LogP contribution in [-0.2, 0) is 10.9 Å². The molecule has 0 aromatic heterocycles. The van der Waals surface area contributed by atoms with E-state index >= 15 is 0 Å². The number of nitrogens with two attached hydrogens (primary N) is 1. The number of nitrogens with zero attached hydrogens (tertiary/aromatic N) is 4. The van der Waals surface area contributed by atoms with Crippen LogP contribution in [0.25, 0.3) is 0 Å². The zero-order valence-electron chi connectivity index (χ0n) is 13.0. The van der Waals surface area contributed by atoms with E-state index in [9.17, 15) is 33.4 Å². The Morgan fingerprint density at radius 2 is 1.89 bits per heavy atom. The van der Waals surface area contributed by atoms with Crippen molar-refractivity contribution < 1.29 is 27.8 Å². The number of ether oxygens (including phenoxy) is 1. The number of alkyl halides is 3. The summed E-state index contributed by atoms with van der Waals surface area (Å²) in [4.78, 5) is 24.7. The predicted octanol–water partition coefficient (Wildman–Crippen LogP) is 3.36. The molecular formula is C12H8Cl2F3N5O5. The summed E-state index contributed by atoms with van der Waals surface area (Å²) in [6.45, 7) is 0. The van der Waals surface area contributed by atoms with Gasteiger partial charge in [-0.1, -0.05) is 23.2 Å². The van der Waals surface area contributed by atoms with Gasteiger partial charge in [0, 0.05) is 19.4 Å². The van der Waals surface area contributed by atoms with Crippen LogP contribution < -0.4 is 10.6 Å². The summed E-state index contributed by atoms with van der Waals surface area (Å²) in [5.74, 6) is -0.247. The summed E-state index contributed by atoms with van der Waals surface area (Å²) in [5.41, 5.74) is 0.235. The van der Waals surface area contributed by atoms with E-state index in [1.54, 1.807) is 0 Å². The number of nitro benzene ring substituents is 2. The minimum absolute atomic E-state index is 0.0841. The van der Waals surface area contributed by atoms with Crippen LogP contribution in [0, 0.1) is 20.2 Å². The molecule has 2 N–H and O–H groups in total. The second-order valence-electron chi connectivity index (χ2n) is 4.93. The van der Waals surface area contributed by atoms with Crippen molar-refractivity contribution in [3.8, 4) is 0 Å². The van der Waals surface area contributed by atoms with E-state index in [2.05, 4.69) is 4.99 Å². The van der Waals surface area contributed by atoms with Gasteiger partial charge in [0.25, 0.3) is 0 Å². The number of rotatable bonds is 4. The lowest BCUT2D eigenvalue weighted by molar-refractivity contribution is -0.393. The van der Waals surface area contributed by atoms with Gasteiger partial charge >= 0.3 is 17.6 Å². The first-order valence-electron chi connectivity index (χ1n) is 6.64.